The molecule has 1 fully saturated rings. The largest absolute Gasteiger partial charge is 0.355 e. The molecular formula is C19H36N2O2. The molecule has 1 saturated carbocycles. The van der Waals surface area contributed by atoms with Crippen molar-refractivity contribution in [3.8, 4) is 0 Å². The van der Waals surface area contributed by atoms with E-state index in [1.165, 1.54) is 0 Å². The highest BCUT2D eigenvalue weighted by atomic mass is 16.2. The first kappa shape index (κ1) is 20.0. The van der Waals surface area contributed by atoms with Gasteiger partial charge in [-0.25, -0.2) is 0 Å². The highest BCUT2D eigenvalue weighted by Gasteiger charge is 2.36. The highest BCUT2D eigenvalue weighted by Crippen LogP contribution is 2.39. The molecule has 134 valence electrons. The van der Waals surface area contributed by atoms with E-state index in [1.807, 2.05) is 41.5 Å². The second-order valence-corrected chi connectivity index (χ2v) is 10.1. The van der Waals surface area contributed by atoms with Gasteiger partial charge in [0.2, 0.25) is 11.8 Å². The summed E-state index contributed by atoms with van der Waals surface area (Å²) in [6.45, 7) is 16.8. The first-order chi connectivity index (χ1) is 10.2. The molecule has 0 aliphatic heterocycles. The Morgan fingerprint density at radius 1 is 0.957 bits per heavy atom. The van der Waals surface area contributed by atoms with Gasteiger partial charge in [-0.1, -0.05) is 55.4 Å². The summed E-state index contributed by atoms with van der Waals surface area (Å²) in [5, 5.41) is 6.29. The maximum atomic E-state index is 12.3. The maximum Gasteiger partial charge on any atom is 0.225 e. The SMILES string of the molecule is CC1(C)CC(CNC(=O)C(C)(C)C)CC(NC(=O)C(C)(C)C)C1. The molecule has 2 amide bonds. The zero-order chi connectivity index (χ0) is 18.1. The van der Waals surface area contributed by atoms with Crippen LogP contribution in [0.2, 0.25) is 0 Å². The summed E-state index contributed by atoms with van der Waals surface area (Å²) in [6.07, 6.45) is 3.02. The predicted octanol–water partition coefficient (Wildman–Crippen LogP) is 3.51. The van der Waals surface area contributed by atoms with Crippen molar-refractivity contribution in [2.24, 2.45) is 22.2 Å². The minimum absolute atomic E-state index is 0.0937. The Morgan fingerprint density at radius 2 is 1.48 bits per heavy atom. The molecule has 0 heterocycles. The second-order valence-electron chi connectivity index (χ2n) is 10.1. The number of rotatable bonds is 3. The van der Waals surface area contributed by atoms with Crippen LogP contribution in [0.15, 0.2) is 0 Å². The van der Waals surface area contributed by atoms with Crippen LogP contribution in [0.5, 0.6) is 0 Å². The minimum atomic E-state index is -0.364. The average Bonchev–Trinajstić information content (AvgIpc) is 2.31. The van der Waals surface area contributed by atoms with Crippen LogP contribution in [0, 0.1) is 22.2 Å². The van der Waals surface area contributed by atoms with E-state index in [4.69, 9.17) is 0 Å². The molecule has 0 saturated heterocycles. The molecule has 0 aromatic carbocycles. The summed E-state index contributed by atoms with van der Waals surface area (Å²) >= 11 is 0. The Morgan fingerprint density at radius 3 is 1.96 bits per heavy atom. The normalized spacial score (nSPS) is 24.9. The molecular weight excluding hydrogens is 288 g/mol. The van der Waals surface area contributed by atoms with Crippen LogP contribution >= 0.6 is 0 Å². The lowest BCUT2D eigenvalue weighted by atomic mass is 9.69. The monoisotopic (exact) mass is 324 g/mol. The fraction of sp³-hybridized carbons (Fsp3) is 0.895. The molecule has 0 bridgehead atoms. The lowest BCUT2D eigenvalue weighted by Crippen LogP contribution is -2.49. The van der Waals surface area contributed by atoms with Crippen LogP contribution in [0.1, 0.15) is 74.7 Å². The van der Waals surface area contributed by atoms with E-state index in [-0.39, 0.29) is 34.1 Å². The maximum absolute atomic E-state index is 12.3. The summed E-state index contributed by atoms with van der Waals surface area (Å²) in [7, 11) is 0. The van der Waals surface area contributed by atoms with Gasteiger partial charge in [0.15, 0.2) is 0 Å². The Bertz CT molecular complexity index is 441. The van der Waals surface area contributed by atoms with E-state index in [2.05, 4.69) is 24.5 Å². The van der Waals surface area contributed by atoms with Crippen LogP contribution in [-0.4, -0.2) is 24.4 Å². The van der Waals surface area contributed by atoms with Gasteiger partial charge in [-0.05, 0) is 30.6 Å². The van der Waals surface area contributed by atoms with Crippen molar-refractivity contribution in [1.82, 2.24) is 10.6 Å². The van der Waals surface area contributed by atoms with Crippen molar-refractivity contribution in [2.45, 2.75) is 80.7 Å². The lowest BCUT2D eigenvalue weighted by Gasteiger charge is -2.41. The third kappa shape index (κ3) is 6.52. The van der Waals surface area contributed by atoms with Gasteiger partial charge in [0.1, 0.15) is 0 Å². The van der Waals surface area contributed by atoms with Crippen molar-refractivity contribution in [3.63, 3.8) is 0 Å². The Balaban J connectivity index is 2.65. The number of carbonyl (C=O) groups excluding carboxylic acids is 2. The van der Waals surface area contributed by atoms with Crippen molar-refractivity contribution in [3.05, 3.63) is 0 Å². The summed E-state index contributed by atoms with van der Waals surface area (Å²) in [5.41, 5.74) is -0.535. The molecule has 0 aromatic rings. The Hall–Kier alpha value is -1.06. The third-order valence-corrected chi connectivity index (χ3v) is 4.51. The van der Waals surface area contributed by atoms with E-state index in [0.717, 1.165) is 19.3 Å². The van der Waals surface area contributed by atoms with E-state index in [1.54, 1.807) is 0 Å². The summed E-state index contributed by atoms with van der Waals surface area (Å²) in [6, 6.07) is 0.196. The smallest absolute Gasteiger partial charge is 0.225 e. The van der Waals surface area contributed by atoms with E-state index in [9.17, 15) is 9.59 Å². The molecule has 1 aliphatic carbocycles. The van der Waals surface area contributed by atoms with Gasteiger partial charge in [-0.2, -0.15) is 0 Å². The molecule has 2 atom stereocenters. The molecule has 2 unspecified atom stereocenters. The first-order valence-corrected chi connectivity index (χ1v) is 8.80. The van der Waals surface area contributed by atoms with Gasteiger partial charge >= 0.3 is 0 Å². The zero-order valence-electron chi connectivity index (χ0n) is 16.3. The van der Waals surface area contributed by atoms with E-state index in [0.29, 0.717) is 12.5 Å². The molecule has 0 radical (unpaired) electrons. The van der Waals surface area contributed by atoms with Gasteiger partial charge < -0.3 is 10.6 Å². The van der Waals surface area contributed by atoms with Crippen molar-refractivity contribution >= 4 is 11.8 Å². The second kappa shape index (κ2) is 6.82. The molecule has 23 heavy (non-hydrogen) atoms. The summed E-state index contributed by atoms with van der Waals surface area (Å²) in [5.74, 6) is 0.615. The zero-order valence-corrected chi connectivity index (χ0v) is 16.3. The number of nitrogens with one attached hydrogen (secondary N) is 2. The fourth-order valence-corrected chi connectivity index (χ4v) is 3.27. The molecule has 4 nitrogen and oxygen atoms in total. The number of carbonyl (C=O) groups is 2. The fourth-order valence-electron chi connectivity index (χ4n) is 3.27. The van der Waals surface area contributed by atoms with Crippen molar-refractivity contribution < 1.29 is 9.59 Å². The van der Waals surface area contributed by atoms with Crippen LogP contribution in [0.3, 0.4) is 0 Å². The van der Waals surface area contributed by atoms with Gasteiger partial charge in [0.05, 0.1) is 0 Å². The standard InChI is InChI=1S/C19H36N2O2/c1-17(2,3)15(22)20-12-13-9-14(11-19(7,8)10-13)21-16(23)18(4,5)6/h13-14H,9-12H2,1-8H3,(H,20,22)(H,21,23). The Labute approximate surface area is 142 Å². The van der Waals surface area contributed by atoms with Crippen LogP contribution < -0.4 is 10.6 Å². The number of hydrogen-bond donors (Lipinski definition) is 2. The van der Waals surface area contributed by atoms with Crippen LogP contribution in [0.25, 0.3) is 0 Å². The first-order valence-electron chi connectivity index (χ1n) is 8.80. The predicted molar refractivity (Wildman–Crippen MR) is 95.0 cm³/mol. The van der Waals surface area contributed by atoms with E-state index < -0.39 is 0 Å². The quantitative estimate of drug-likeness (QED) is 0.834. The molecule has 4 heteroatoms. The third-order valence-electron chi connectivity index (χ3n) is 4.51. The van der Waals surface area contributed by atoms with Gasteiger partial charge in [0.25, 0.3) is 0 Å². The molecule has 0 aromatic heterocycles. The van der Waals surface area contributed by atoms with Crippen molar-refractivity contribution in [2.75, 3.05) is 6.54 Å². The van der Waals surface area contributed by atoms with E-state index >= 15 is 0 Å². The van der Waals surface area contributed by atoms with Gasteiger partial charge in [0, 0.05) is 23.4 Å². The molecule has 1 rings (SSSR count). The summed E-state index contributed by atoms with van der Waals surface area (Å²) < 4.78 is 0. The van der Waals surface area contributed by atoms with Crippen LogP contribution in [0.4, 0.5) is 0 Å². The molecule has 1 aliphatic rings. The topological polar surface area (TPSA) is 58.2 Å². The Kier molecular flexibility index (Phi) is 5.93. The summed E-state index contributed by atoms with van der Waals surface area (Å²) in [4.78, 5) is 24.3. The molecule has 2 N–H and O–H groups in total. The van der Waals surface area contributed by atoms with Gasteiger partial charge in [-0.3, -0.25) is 9.59 Å². The molecule has 0 spiro atoms. The lowest BCUT2D eigenvalue weighted by molar-refractivity contribution is -0.130. The van der Waals surface area contributed by atoms with Crippen molar-refractivity contribution in [1.29, 1.82) is 0 Å². The van der Waals surface area contributed by atoms with Crippen LogP contribution in [-0.2, 0) is 9.59 Å². The van der Waals surface area contributed by atoms with Gasteiger partial charge in [-0.15, -0.1) is 0 Å². The number of amides is 2. The number of hydrogen-bond acceptors (Lipinski definition) is 2. The highest BCUT2D eigenvalue weighted by molar-refractivity contribution is 5.82. The average molecular weight is 325 g/mol. The minimum Gasteiger partial charge on any atom is -0.355 e.